The number of para-hydroxylation sites is 1. The van der Waals surface area contributed by atoms with E-state index in [0.717, 1.165) is 31.4 Å². The van der Waals surface area contributed by atoms with Crippen molar-refractivity contribution in [1.29, 1.82) is 0 Å². The maximum absolute atomic E-state index is 13.8. The number of anilines is 1. The summed E-state index contributed by atoms with van der Waals surface area (Å²) in [5, 5.41) is 15.5. The van der Waals surface area contributed by atoms with Crippen LogP contribution in [0.15, 0.2) is 63.4 Å². The van der Waals surface area contributed by atoms with Crippen LogP contribution in [0.3, 0.4) is 0 Å². The minimum absolute atomic E-state index is 0.0834. The normalized spacial score (nSPS) is 14.6. The highest BCUT2D eigenvalue weighted by Gasteiger charge is 2.36. The van der Waals surface area contributed by atoms with Crippen molar-refractivity contribution in [2.45, 2.75) is 58.2 Å². The Balaban J connectivity index is 1.47. The van der Waals surface area contributed by atoms with E-state index in [1.54, 1.807) is 43.3 Å². The van der Waals surface area contributed by atoms with E-state index in [9.17, 15) is 9.59 Å². The number of carbonyl (C=O) groups excluding carboxylic acids is 2. The van der Waals surface area contributed by atoms with Gasteiger partial charge in [-0.1, -0.05) is 31.0 Å². The molecule has 10 heteroatoms. The molecule has 1 aliphatic carbocycles. The smallest absolute Gasteiger partial charge is 0.251 e. The summed E-state index contributed by atoms with van der Waals surface area (Å²) in [6.07, 6.45) is 4.00. The third kappa shape index (κ3) is 5.07. The molecule has 0 bridgehead atoms. The lowest BCUT2D eigenvalue weighted by Crippen LogP contribution is -2.47. The molecule has 1 aliphatic rings. The van der Waals surface area contributed by atoms with E-state index in [1.807, 2.05) is 25.1 Å². The number of aryl methyl sites for hydroxylation is 2. The second-order valence-electron chi connectivity index (χ2n) is 8.99. The van der Waals surface area contributed by atoms with Crippen LogP contribution in [0.4, 0.5) is 5.69 Å². The third-order valence-corrected chi connectivity index (χ3v) is 6.23. The number of aromatic nitrogens is 4. The monoisotopic (exact) mass is 488 g/mol. The number of tetrazole rings is 1. The highest BCUT2D eigenvalue weighted by Crippen LogP contribution is 2.30. The standard InChI is InChI=1S/C26H28N6O4/c1-17-12-14-21(35-17)24(26(34)27-19-8-6-7-9-19)32(20-10-4-3-5-11-20)23(33)16-31-29-25(28-30-31)22-15-13-18(2)36-22/h3-5,10-15,19,24H,6-9,16H2,1-2H3,(H,27,34)/t24-/m0/s1. The van der Waals surface area contributed by atoms with Crippen molar-refractivity contribution in [3.8, 4) is 11.6 Å². The van der Waals surface area contributed by atoms with Gasteiger partial charge in [-0.3, -0.25) is 14.5 Å². The van der Waals surface area contributed by atoms with Crippen molar-refractivity contribution in [2.24, 2.45) is 0 Å². The van der Waals surface area contributed by atoms with Gasteiger partial charge in [0.05, 0.1) is 0 Å². The van der Waals surface area contributed by atoms with Crippen molar-refractivity contribution in [3.05, 3.63) is 71.9 Å². The molecule has 0 unspecified atom stereocenters. The summed E-state index contributed by atoms with van der Waals surface area (Å²) >= 11 is 0. The van der Waals surface area contributed by atoms with Crippen molar-refractivity contribution in [2.75, 3.05) is 4.90 Å². The van der Waals surface area contributed by atoms with Gasteiger partial charge in [0.25, 0.3) is 11.8 Å². The number of nitrogens with one attached hydrogen (secondary N) is 1. The fourth-order valence-corrected chi connectivity index (χ4v) is 4.51. The summed E-state index contributed by atoms with van der Waals surface area (Å²) in [5.41, 5.74) is 0.560. The average molecular weight is 489 g/mol. The van der Waals surface area contributed by atoms with Gasteiger partial charge in [-0.25, -0.2) is 0 Å². The predicted octanol–water partition coefficient (Wildman–Crippen LogP) is 3.98. The molecule has 1 saturated carbocycles. The molecule has 4 aromatic rings. The summed E-state index contributed by atoms with van der Waals surface area (Å²) in [7, 11) is 0. The van der Waals surface area contributed by atoms with Gasteiger partial charge in [0.1, 0.15) is 23.8 Å². The molecule has 1 fully saturated rings. The number of amides is 2. The zero-order chi connectivity index (χ0) is 25.1. The number of carbonyl (C=O) groups is 2. The molecule has 10 nitrogen and oxygen atoms in total. The van der Waals surface area contributed by atoms with Gasteiger partial charge in [-0.05, 0) is 68.3 Å². The first-order valence-corrected chi connectivity index (χ1v) is 12.1. The summed E-state index contributed by atoms with van der Waals surface area (Å²) in [4.78, 5) is 30.1. The topological polar surface area (TPSA) is 119 Å². The molecule has 5 rings (SSSR count). The Kier molecular flexibility index (Phi) is 6.66. The highest BCUT2D eigenvalue weighted by molar-refractivity contribution is 6.01. The average Bonchev–Trinajstić information content (AvgIpc) is 3.67. The third-order valence-electron chi connectivity index (χ3n) is 6.23. The molecule has 1 atom stereocenters. The molecule has 3 heterocycles. The van der Waals surface area contributed by atoms with Gasteiger partial charge >= 0.3 is 0 Å². The van der Waals surface area contributed by atoms with Crippen molar-refractivity contribution < 1.29 is 18.4 Å². The van der Waals surface area contributed by atoms with E-state index >= 15 is 0 Å². The minimum Gasteiger partial charge on any atom is -0.464 e. The Labute approximate surface area is 208 Å². The van der Waals surface area contributed by atoms with Gasteiger partial charge in [-0.2, -0.15) is 4.80 Å². The summed E-state index contributed by atoms with van der Waals surface area (Å²) in [5.74, 6) is 1.83. The van der Waals surface area contributed by atoms with Crippen molar-refractivity contribution in [3.63, 3.8) is 0 Å². The van der Waals surface area contributed by atoms with Crippen LogP contribution < -0.4 is 10.2 Å². The van der Waals surface area contributed by atoms with E-state index in [2.05, 4.69) is 20.7 Å². The second kappa shape index (κ2) is 10.2. The molecular formula is C26H28N6O4. The first-order chi connectivity index (χ1) is 17.5. The van der Waals surface area contributed by atoms with Crippen LogP contribution in [0.1, 0.15) is 49.0 Å². The molecule has 0 spiro atoms. The van der Waals surface area contributed by atoms with E-state index in [4.69, 9.17) is 8.83 Å². The Morgan fingerprint density at radius 1 is 1.03 bits per heavy atom. The van der Waals surface area contributed by atoms with Crippen LogP contribution in [0.2, 0.25) is 0 Å². The van der Waals surface area contributed by atoms with Crippen molar-refractivity contribution in [1.82, 2.24) is 25.5 Å². The number of rotatable bonds is 8. The van der Waals surface area contributed by atoms with E-state index in [1.165, 1.54) is 9.70 Å². The first-order valence-electron chi connectivity index (χ1n) is 12.1. The number of furan rings is 2. The fourth-order valence-electron chi connectivity index (χ4n) is 4.51. The lowest BCUT2D eigenvalue weighted by atomic mass is 10.1. The highest BCUT2D eigenvalue weighted by atomic mass is 16.3. The zero-order valence-electron chi connectivity index (χ0n) is 20.3. The Hall–Kier alpha value is -4.21. The van der Waals surface area contributed by atoms with Crippen molar-refractivity contribution >= 4 is 17.5 Å². The van der Waals surface area contributed by atoms with Gasteiger partial charge in [0.2, 0.25) is 5.82 Å². The van der Waals surface area contributed by atoms with E-state index in [0.29, 0.717) is 23.0 Å². The quantitative estimate of drug-likeness (QED) is 0.398. The number of benzene rings is 1. The van der Waals surface area contributed by atoms with Gasteiger partial charge in [0.15, 0.2) is 11.8 Å². The molecule has 0 aliphatic heterocycles. The van der Waals surface area contributed by atoms with Crippen LogP contribution in [0.25, 0.3) is 11.6 Å². The van der Waals surface area contributed by atoms with E-state index < -0.39 is 6.04 Å². The molecule has 0 saturated heterocycles. The summed E-state index contributed by atoms with van der Waals surface area (Å²) in [6.45, 7) is 3.40. The molecular weight excluding hydrogens is 460 g/mol. The number of hydrogen-bond acceptors (Lipinski definition) is 7. The van der Waals surface area contributed by atoms with Crippen LogP contribution in [-0.2, 0) is 16.1 Å². The SMILES string of the molecule is Cc1ccc(-c2nnn(CC(=O)N(c3ccccc3)[C@H](C(=O)NC3CCCC3)c3ccc(C)o3)n2)o1. The maximum atomic E-state index is 13.8. The first kappa shape index (κ1) is 23.5. The van der Waals surface area contributed by atoms with Crippen LogP contribution in [0, 0.1) is 13.8 Å². The van der Waals surface area contributed by atoms with Gasteiger partial charge in [-0.15, -0.1) is 10.2 Å². The summed E-state index contributed by atoms with van der Waals surface area (Å²) < 4.78 is 11.4. The number of hydrogen-bond donors (Lipinski definition) is 1. The van der Waals surface area contributed by atoms with Gasteiger partial charge < -0.3 is 14.2 Å². The van der Waals surface area contributed by atoms with Crippen LogP contribution in [-0.4, -0.2) is 38.1 Å². The Morgan fingerprint density at radius 2 is 1.75 bits per heavy atom. The maximum Gasteiger partial charge on any atom is 0.251 e. The second-order valence-corrected chi connectivity index (χ2v) is 8.99. The fraction of sp³-hybridized carbons (Fsp3) is 0.346. The Morgan fingerprint density at radius 3 is 2.42 bits per heavy atom. The van der Waals surface area contributed by atoms with Crippen LogP contribution >= 0.6 is 0 Å². The van der Waals surface area contributed by atoms with E-state index in [-0.39, 0.29) is 30.2 Å². The summed E-state index contributed by atoms with van der Waals surface area (Å²) in [6, 6.07) is 15.2. The minimum atomic E-state index is -0.995. The van der Waals surface area contributed by atoms with Gasteiger partial charge in [0, 0.05) is 11.7 Å². The molecule has 2 amide bonds. The lowest BCUT2D eigenvalue weighted by molar-refractivity contribution is -0.128. The molecule has 36 heavy (non-hydrogen) atoms. The molecule has 3 aromatic heterocycles. The molecule has 1 N–H and O–H groups in total. The molecule has 0 radical (unpaired) electrons. The Bertz CT molecular complexity index is 1340. The van der Waals surface area contributed by atoms with Crippen LogP contribution in [0.5, 0.6) is 0 Å². The molecule has 186 valence electrons. The lowest BCUT2D eigenvalue weighted by Gasteiger charge is -2.30. The number of nitrogens with zero attached hydrogens (tertiary/aromatic N) is 5. The zero-order valence-corrected chi connectivity index (χ0v) is 20.3. The molecule has 1 aromatic carbocycles. The predicted molar refractivity (Wildman–Crippen MR) is 131 cm³/mol. The largest absolute Gasteiger partial charge is 0.464 e.